The highest BCUT2D eigenvalue weighted by Crippen LogP contribution is 2.25. The van der Waals surface area contributed by atoms with Crippen LogP contribution in [0.4, 0.5) is 13.2 Å². The molecule has 0 saturated heterocycles. The standard InChI is InChI=1S/C11H14F3N3O3/c1-6(15-5-8(18)9(19)20-2)7-3-16-10(17-4-7)11(12,13)14/h3-4,6,8,15,18H,5H2,1-2H3/t6-,8+/m0/s1. The number of methoxy groups -OCH3 is 1. The molecular formula is C11H14F3N3O3. The lowest BCUT2D eigenvalue weighted by Gasteiger charge is -2.16. The van der Waals surface area contributed by atoms with E-state index in [4.69, 9.17) is 0 Å². The molecule has 6 nitrogen and oxygen atoms in total. The summed E-state index contributed by atoms with van der Waals surface area (Å²) in [5, 5.41) is 12.1. The molecule has 0 aliphatic carbocycles. The van der Waals surface area contributed by atoms with Crippen LogP contribution in [0.1, 0.15) is 24.4 Å². The van der Waals surface area contributed by atoms with Crippen molar-refractivity contribution in [2.75, 3.05) is 13.7 Å². The summed E-state index contributed by atoms with van der Waals surface area (Å²) in [5.74, 6) is -2.02. The molecule has 9 heteroatoms. The zero-order valence-electron chi connectivity index (χ0n) is 10.8. The quantitative estimate of drug-likeness (QED) is 0.777. The Morgan fingerprint density at radius 3 is 2.45 bits per heavy atom. The van der Waals surface area contributed by atoms with Gasteiger partial charge in [-0.3, -0.25) is 0 Å². The molecule has 0 aliphatic rings. The zero-order valence-corrected chi connectivity index (χ0v) is 10.8. The Morgan fingerprint density at radius 2 is 2.00 bits per heavy atom. The maximum atomic E-state index is 12.3. The van der Waals surface area contributed by atoms with Crippen molar-refractivity contribution in [3.8, 4) is 0 Å². The lowest BCUT2D eigenvalue weighted by molar-refractivity contribution is -0.150. The number of esters is 1. The summed E-state index contributed by atoms with van der Waals surface area (Å²) in [5.41, 5.74) is 0.398. The Hall–Kier alpha value is -1.74. The summed E-state index contributed by atoms with van der Waals surface area (Å²) in [6, 6.07) is -0.434. The van der Waals surface area contributed by atoms with Gasteiger partial charge in [0.15, 0.2) is 6.10 Å². The van der Waals surface area contributed by atoms with E-state index in [0.29, 0.717) is 5.56 Å². The monoisotopic (exact) mass is 293 g/mol. The molecular weight excluding hydrogens is 279 g/mol. The van der Waals surface area contributed by atoms with Crippen molar-refractivity contribution >= 4 is 5.97 Å². The van der Waals surface area contributed by atoms with Crippen LogP contribution in [0, 0.1) is 0 Å². The van der Waals surface area contributed by atoms with E-state index in [1.54, 1.807) is 6.92 Å². The number of hydrogen-bond acceptors (Lipinski definition) is 6. The molecule has 1 rings (SSSR count). The molecule has 112 valence electrons. The number of carbonyl (C=O) groups is 1. The fraction of sp³-hybridized carbons (Fsp3) is 0.545. The van der Waals surface area contributed by atoms with E-state index >= 15 is 0 Å². The maximum Gasteiger partial charge on any atom is 0.451 e. The predicted molar refractivity (Wildman–Crippen MR) is 61.5 cm³/mol. The van der Waals surface area contributed by atoms with E-state index in [0.717, 1.165) is 19.5 Å². The van der Waals surface area contributed by atoms with Crippen molar-refractivity contribution in [3.05, 3.63) is 23.8 Å². The van der Waals surface area contributed by atoms with E-state index in [-0.39, 0.29) is 6.54 Å². The minimum absolute atomic E-state index is 0.102. The van der Waals surface area contributed by atoms with Gasteiger partial charge < -0.3 is 15.2 Å². The fourth-order valence-electron chi connectivity index (χ4n) is 1.33. The van der Waals surface area contributed by atoms with Gasteiger partial charge in [0.2, 0.25) is 5.82 Å². The molecule has 1 aromatic rings. The molecule has 0 saturated carbocycles. The number of hydrogen-bond donors (Lipinski definition) is 2. The predicted octanol–water partition coefficient (Wildman–Crippen LogP) is 0.680. The number of nitrogens with one attached hydrogen (secondary N) is 1. The topological polar surface area (TPSA) is 84.3 Å². The van der Waals surface area contributed by atoms with E-state index in [1.165, 1.54) is 0 Å². The molecule has 1 heterocycles. The van der Waals surface area contributed by atoms with Crippen LogP contribution in [0.2, 0.25) is 0 Å². The molecule has 0 aliphatic heterocycles. The number of ether oxygens (including phenoxy) is 1. The van der Waals surface area contributed by atoms with Crippen LogP contribution < -0.4 is 5.32 Å². The highest BCUT2D eigenvalue weighted by atomic mass is 19.4. The van der Waals surface area contributed by atoms with Crippen LogP contribution in [0.5, 0.6) is 0 Å². The summed E-state index contributed by atoms with van der Waals surface area (Å²) in [6.07, 6.45) is -3.86. The van der Waals surface area contributed by atoms with Gasteiger partial charge in [-0.2, -0.15) is 13.2 Å². The van der Waals surface area contributed by atoms with Crippen molar-refractivity contribution in [2.24, 2.45) is 0 Å². The largest absolute Gasteiger partial charge is 0.467 e. The first-order valence-electron chi connectivity index (χ1n) is 5.64. The second kappa shape index (κ2) is 6.62. The number of alkyl halides is 3. The van der Waals surface area contributed by atoms with Crippen molar-refractivity contribution in [1.29, 1.82) is 0 Å². The molecule has 1 aromatic heterocycles. The zero-order chi connectivity index (χ0) is 15.3. The number of aliphatic hydroxyl groups is 1. The van der Waals surface area contributed by atoms with Gasteiger partial charge in [0, 0.05) is 30.5 Å². The van der Waals surface area contributed by atoms with Crippen LogP contribution in [0.3, 0.4) is 0 Å². The molecule has 0 spiro atoms. The average molecular weight is 293 g/mol. The Bertz CT molecular complexity index is 450. The smallest absolute Gasteiger partial charge is 0.451 e. The number of halogens is 3. The normalized spacial score (nSPS) is 14.7. The summed E-state index contributed by atoms with van der Waals surface area (Å²) >= 11 is 0. The van der Waals surface area contributed by atoms with Crippen LogP contribution >= 0.6 is 0 Å². The number of rotatable bonds is 5. The summed E-state index contributed by atoms with van der Waals surface area (Å²) < 4.78 is 41.2. The third-order valence-electron chi connectivity index (χ3n) is 2.52. The lowest BCUT2D eigenvalue weighted by Crippen LogP contribution is -2.35. The summed E-state index contributed by atoms with van der Waals surface area (Å²) in [7, 11) is 1.14. The van der Waals surface area contributed by atoms with Crippen LogP contribution in [-0.2, 0) is 15.7 Å². The third-order valence-corrected chi connectivity index (χ3v) is 2.52. The van der Waals surface area contributed by atoms with Crippen molar-refractivity contribution < 1.29 is 27.8 Å². The van der Waals surface area contributed by atoms with E-state index in [1.807, 2.05) is 0 Å². The lowest BCUT2D eigenvalue weighted by atomic mass is 10.2. The third kappa shape index (κ3) is 4.42. The number of carbonyl (C=O) groups excluding carboxylic acids is 1. The first-order valence-corrected chi connectivity index (χ1v) is 5.64. The minimum Gasteiger partial charge on any atom is -0.467 e. The molecule has 2 N–H and O–H groups in total. The van der Waals surface area contributed by atoms with Crippen LogP contribution in [0.15, 0.2) is 12.4 Å². The Balaban J connectivity index is 2.60. The Labute approximate surface area is 113 Å². The molecule has 2 atom stereocenters. The number of aromatic nitrogens is 2. The van der Waals surface area contributed by atoms with E-state index in [9.17, 15) is 23.1 Å². The maximum absolute atomic E-state index is 12.3. The van der Waals surface area contributed by atoms with Crippen molar-refractivity contribution in [3.63, 3.8) is 0 Å². The average Bonchev–Trinajstić information content (AvgIpc) is 2.42. The summed E-state index contributed by atoms with van der Waals surface area (Å²) in [4.78, 5) is 17.4. The SMILES string of the molecule is COC(=O)[C@H](O)CN[C@@H](C)c1cnc(C(F)(F)F)nc1. The van der Waals surface area contributed by atoms with Gasteiger partial charge in [-0.15, -0.1) is 0 Å². The molecule has 0 amide bonds. The van der Waals surface area contributed by atoms with Gasteiger partial charge in [0.25, 0.3) is 0 Å². The second-order valence-corrected chi connectivity index (χ2v) is 4.01. The Morgan fingerprint density at radius 1 is 1.45 bits per heavy atom. The van der Waals surface area contributed by atoms with Gasteiger partial charge in [-0.25, -0.2) is 14.8 Å². The first-order chi connectivity index (χ1) is 9.25. The van der Waals surface area contributed by atoms with Gasteiger partial charge >= 0.3 is 12.1 Å². The van der Waals surface area contributed by atoms with Crippen LogP contribution in [-0.4, -0.2) is 40.8 Å². The van der Waals surface area contributed by atoms with E-state index < -0.39 is 30.1 Å². The molecule has 0 radical (unpaired) electrons. The first kappa shape index (κ1) is 16.3. The highest BCUT2D eigenvalue weighted by Gasteiger charge is 2.34. The molecule has 0 bridgehead atoms. The van der Waals surface area contributed by atoms with Crippen molar-refractivity contribution in [2.45, 2.75) is 25.2 Å². The van der Waals surface area contributed by atoms with Gasteiger partial charge in [-0.05, 0) is 6.92 Å². The number of aliphatic hydroxyl groups excluding tert-OH is 1. The molecule has 0 unspecified atom stereocenters. The van der Waals surface area contributed by atoms with Crippen molar-refractivity contribution in [1.82, 2.24) is 15.3 Å². The van der Waals surface area contributed by atoms with Crippen LogP contribution in [0.25, 0.3) is 0 Å². The number of nitrogens with zero attached hydrogens (tertiary/aromatic N) is 2. The molecule has 0 aromatic carbocycles. The molecule has 0 fully saturated rings. The second-order valence-electron chi connectivity index (χ2n) is 4.01. The van der Waals surface area contributed by atoms with E-state index in [2.05, 4.69) is 20.0 Å². The molecule has 20 heavy (non-hydrogen) atoms. The Kier molecular flexibility index (Phi) is 5.40. The summed E-state index contributed by atoms with van der Waals surface area (Å²) in [6.45, 7) is 1.53. The highest BCUT2D eigenvalue weighted by molar-refractivity contribution is 5.74. The van der Waals surface area contributed by atoms with Gasteiger partial charge in [-0.1, -0.05) is 0 Å². The van der Waals surface area contributed by atoms with Gasteiger partial charge in [0.1, 0.15) is 0 Å². The van der Waals surface area contributed by atoms with Gasteiger partial charge in [0.05, 0.1) is 7.11 Å². The fourth-order valence-corrected chi connectivity index (χ4v) is 1.33. The minimum atomic E-state index is -4.59.